The molecule has 0 saturated heterocycles. The van der Waals surface area contributed by atoms with Crippen molar-refractivity contribution < 1.29 is 9.31 Å². The highest BCUT2D eigenvalue weighted by Crippen LogP contribution is 2.24. The van der Waals surface area contributed by atoms with Crippen LogP contribution < -0.4 is 0 Å². The van der Waals surface area contributed by atoms with E-state index in [1.54, 1.807) is 0 Å². The largest absolute Gasteiger partial charge is 0.271 e. The van der Waals surface area contributed by atoms with Crippen LogP contribution in [0.2, 0.25) is 0 Å². The summed E-state index contributed by atoms with van der Waals surface area (Å²) >= 11 is 0. The molecule has 108 valence electrons. The summed E-state index contributed by atoms with van der Waals surface area (Å²) in [4.78, 5) is 14.2. The summed E-state index contributed by atoms with van der Waals surface area (Å²) in [5.41, 5.74) is 0.555. The summed E-state index contributed by atoms with van der Waals surface area (Å²) in [6, 6.07) is 16.9. The Balaban J connectivity index is 1.95. The van der Waals surface area contributed by atoms with Crippen molar-refractivity contribution in [2.24, 2.45) is 4.99 Å². The Kier molecular flexibility index (Phi) is 3.62. The quantitative estimate of drug-likeness (QED) is 0.401. The summed E-state index contributed by atoms with van der Waals surface area (Å²) in [6.45, 7) is 0. The van der Waals surface area contributed by atoms with Crippen LogP contribution in [0.5, 0.6) is 0 Å². The minimum atomic E-state index is -0.595. The summed E-state index contributed by atoms with van der Waals surface area (Å²) in [7, 11) is 0. The van der Waals surface area contributed by atoms with Gasteiger partial charge in [-0.25, -0.2) is 4.39 Å². The zero-order chi connectivity index (χ0) is 15.5. The van der Waals surface area contributed by atoms with Gasteiger partial charge in [0.1, 0.15) is 11.5 Å². The molecular formula is C17H11FN2O2. The maximum Gasteiger partial charge on any atom is 0.271 e. The monoisotopic (exact) mass is 294 g/mol. The van der Waals surface area contributed by atoms with Crippen molar-refractivity contribution in [3.05, 3.63) is 82.2 Å². The molecular weight excluding hydrogens is 283 g/mol. The number of benzene rings is 3. The fraction of sp³-hybridized carbons (Fsp3) is 0. The van der Waals surface area contributed by atoms with E-state index in [2.05, 4.69) is 4.99 Å². The highest BCUT2D eigenvalue weighted by Gasteiger charge is 2.09. The summed E-state index contributed by atoms with van der Waals surface area (Å²) in [6.07, 6.45) is 1.49. The van der Waals surface area contributed by atoms with Crippen LogP contribution in [0.1, 0.15) is 5.56 Å². The fourth-order valence-corrected chi connectivity index (χ4v) is 2.15. The lowest BCUT2D eigenvalue weighted by Gasteiger charge is -2.00. The van der Waals surface area contributed by atoms with Crippen molar-refractivity contribution in [3.8, 4) is 0 Å². The van der Waals surface area contributed by atoms with Crippen LogP contribution in [0.4, 0.5) is 15.8 Å². The van der Waals surface area contributed by atoms with Gasteiger partial charge in [0.2, 0.25) is 0 Å². The molecule has 0 amide bonds. The molecule has 4 nitrogen and oxygen atoms in total. The van der Waals surface area contributed by atoms with Gasteiger partial charge in [-0.15, -0.1) is 0 Å². The third-order valence-corrected chi connectivity index (χ3v) is 3.27. The van der Waals surface area contributed by atoms with Crippen LogP contribution in [-0.4, -0.2) is 11.1 Å². The zero-order valence-electron chi connectivity index (χ0n) is 11.4. The zero-order valence-corrected chi connectivity index (χ0v) is 11.4. The van der Waals surface area contributed by atoms with Crippen LogP contribution in [-0.2, 0) is 0 Å². The number of nitro benzene ring substituents is 1. The van der Waals surface area contributed by atoms with Crippen molar-refractivity contribution in [2.45, 2.75) is 0 Å². The molecule has 0 atom stereocenters. The van der Waals surface area contributed by atoms with Crippen molar-refractivity contribution in [3.63, 3.8) is 0 Å². The molecule has 0 fully saturated rings. The molecule has 3 rings (SSSR count). The first-order chi connectivity index (χ1) is 10.6. The standard InChI is InChI=1S/C17H11FN2O2/c18-16-8-7-15(20(21)22)10-17(16)19-11-12-5-6-13-3-1-2-4-14(13)9-12/h1-11H. The first kappa shape index (κ1) is 13.9. The molecule has 5 heteroatoms. The van der Waals surface area contributed by atoms with Gasteiger partial charge >= 0.3 is 0 Å². The predicted octanol–water partition coefficient (Wildman–Crippen LogP) is 4.64. The topological polar surface area (TPSA) is 55.5 Å². The van der Waals surface area contributed by atoms with Crippen LogP contribution in [0.25, 0.3) is 10.8 Å². The van der Waals surface area contributed by atoms with Crippen LogP contribution >= 0.6 is 0 Å². The highest BCUT2D eigenvalue weighted by atomic mass is 19.1. The van der Waals surface area contributed by atoms with Gasteiger partial charge in [-0.1, -0.05) is 36.4 Å². The second-order valence-electron chi connectivity index (χ2n) is 4.76. The average Bonchev–Trinajstić information content (AvgIpc) is 2.53. The first-order valence-electron chi connectivity index (χ1n) is 6.60. The van der Waals surface area contributed by atoms with E-state index < -0.39 is 10.7 Å². The third-order valence-electron chi connectivity index (χ3n) is 3.27. The van der Waals surface area contributed by atoms with Gasteiger partial charge in [0.25, 0.3) is 5.69 Å². The van der Waals surface area contributed by atoms with Gasteiger partial charge < -0.3 is 0 Å². The van der Waals surface area contributed by atoms with Crippen LogP contribution in [0, 0.1) is 15.9 Å². The van der Waals surface area contributed by atoms with Crippen molar-refractivity contribution in [1.29, 1.82) is 0 Å². The van der Waals surface area contributed by atoms with Gasteiger partial charge in [-0.2, -0.15) is 0 Å². The molecule has 0 radical (unpaired) electrons. The Bertz CT molecular complexity index is 891. The van der Waals surface area contributed by atoms with E-state index in [4.69, 9.17) is 0 Å². The normalized spacial score (nSPS) is 11.1. The van der Waals surface area contributed by atoms with Gasteiger partial charge in [-0.3, -0.25) is 15.1 Å². The van der Waals surface area contributed by atoms with Crippen molar-refractivity contribution in [1.82, 2.24) is 0 Å². The van der Waals surface area contributed by atoms with Crippen molar-refractivity contribution >= 4 is 28.4 Å². The minimum Gasteiger partial charge on any atom is -0.258 e. The number of hydrogen-bond acceptors (Lipinski definition) is 3. The average molecular weight is 294 g/mol. The smallest absolute Gasteiger partial charge is 0.258 e. The second-order valence-corrected chi connectivity index (χ2v) is 4.76. The number of fused-ring (bicyclic) bond motifs is 1. The molecule has 0 aliphatic heterocycles. The molecule has 0 spiro atoms. The SMILES string of the molecule is O=[N+]([O-])c1ccc(F)c(N=Cc2ccc3ccccc3c2)c1. The number of rotatable bonds is 3. The Morgan fingerprint density at radius 1 is 1.00 bits per heavy atom. The highest BCUT2D eigenvalue weighted by molar-refractivity contribution is 5.91. The lowest BCUT2D eigenvalue weighted by molar-refractivity contribution is -0.384. The Morgan fingerprint density at radius 3 is 2.55 bits per heavy atom. The summed E-state index contributed by atoms with van der Waals surface area (Å²) in [5, 5.41) is 12.9. The molecule has 0 unspecified atom stereocenters. The third kappa shape index (κ3) is 2.83. The summed E-state index contributed by atoms with van der Waals surface area (Å²) in [5.74, 6) is -0.595. The number of hydrogen-bond donors (Lipinski definition) is 0. The number of nitro groups is 1. The Labute approximate surface area is 125 Å². The lowest BCUT2D eigenvalue weighted by atomic mass is 10.1. The number of non-ortho nitro benzene ring substituents is 1. The van der Waals surface area contributed by atoms with E-state index in [1.807, 2.05) is 42.5 Å². The summed E-state index contributed by atoms with van der Waals surface area (Å²) < 4.78 is 13.7. The first-order valence-corrected chi connectivity index (χ1v) is 6.60. The van der Waals surface area contributed by atoms with E-state index >= 15 is 0 Å². The Hall–Kier alpha value is -3.08. The van der Waals surface area contributed by atoms with E-state index in [9.17, 15) is 14.5 Å². The maximum atomic E-state index is 13.7. The number of nitrogens with zero attached hydrogens (tertiary/aromatic N) is 2. The molecule has 0 aliphatic carbocycles. The molecule has 0 N–H and O–H groups in total. The van der Waals surface area contributed by atoms with E-state index in [0.29, 0.717) is 0 Å². The van der Waals surface area contributed by atoms with Crippen LogP contribution in [0.3, 0.4) is 0 Å². The lowest BCUT2D eigenvalue weighted by Crippen LogP contribution is -1.88. The molecule has 3 aromatic carbocycles. The van der Waals surface area contributed by atoms with E-state index in [1.165, 1.54) is 6.21 Å². The molecule has 0 heterocycles. The predicted molar refractivity (Wildman–Crippen MR) is 84.3 cm³/mol. The Morgan fingerprint density at radius 2 is 1.77 bits per heavy atom. The van der Waals surface area contributed by atoms with Gasteiger partial charge in [0.05, 0.1) is 4.92 Å². The van der Waals surface area contributed by atoms with Gasteiger partial charge in [0, 0.05) is 18.3 Å². The minimum absolute atomic E-state index is 0.0534. The van der Waals surface area contributed by atoms with Crippen LogP contribution in [0.15, 0.2) is 65.7 Å². The maximum absolute atomic E-state index is 13.7. The molecule has 0 aromatic heterocycles. The second kappa shape index (κ2) is 5.73. The number of aliphatic imine (C=N–C) groups is 1. The van der Waals surface area contributed by atoms with Gasteiger partial charge in [0.15, 0.2) is 0 Å². The molecule has 22 heavy (non-hydrogen) atoms. The van der Waals surface area contributed by atoms with Gasteiger partial charge in [-0.05, 0) is 28.5 Å². The molecule has 3 aromatic rings. The van der Waals surface area contributed by atoms with Crippen molar-refractivity contribution in [2.75, 3.05) is 0 Å². The van der Waals surface area contributed by atoms with E-state index in [0.717, 1.165) is 34.5 Å². The fourth-order valence-electron chi connectivity index (χ4n) is 2.15. The number of halogens is 1. The molecule has 0 aliphatic rings. The molecule has 0 saturated carbocycles. The van der Waals surface area contributed by atoms with E-state index in [-0.39, 0.29) is 11.4 Å². The molecule has 0 bridgehead atoms.